The first-order valence-corrected chi connectivity index (χ1v) is 11.2. The summed E-state index contributed by atoms with van der Waals surface area (Å²) in [5.41, 5.74) is 0. The molecule has 5 nitrogen and oxygen atoms in total. The summed E-state index contributed by atoms with van der Waals surface area (Å²) in [6, 6.07) is 3.89. The SMILES string of the molecule is CC1CN(CC2CCN(CC(=O)N(C)Cc3ccc(Cl)s3)CC2)CC(C)O1. The number of halogens is 1. The van der Waals surface area contributed by atoms with Crippen LogP contribution in [0.2, 0.25) is 4.34 Å². The van der Waals surface area contributed by atoms with Gasteiger partial charge in [-0.05, 0) is 57.8 Å². The lowest BCUT2D eigenvalue weighted by Crippen LogP contribution is -2.49. The van der Waals surface area contributed by atoms with Crippen molar-refractivity contribution in [1.29, 1.82) is 0 Å². The molecule has 1 amide bonds. The number of rotatable bonds is 6. The number of carbonyl (C=O) groups is 1. The highest BCUT2D eigenvalue weighted by Crippen LogP contribution is 2.23. The van der Waals surface area contributed by atoms with Gasteiger partial charge in [0.2, 0.25) is 5.91 Å². The van der Waals surface area contributed by atoms with Gasteiger partial charge in [-0.25, -0.2) is 0 Å². The summed E-state index contributed by atoms with van der Waals surface area (Å²) in [4.78, 5) is 20.3. The summed E-state index contributed by atoms with van der Waals surface area (Å²) in [7, 11) is 1.88. The van der Waals surface area contributed by atoms with Gasteiger partial charge in [0.15, 0.2) is 0 Å². The van der Waals surface area contributed by atoms with Crippen molar-refractivity contribution in [3.63, 3.8) is 0 Å². The van der Waals surface area contributed by atoms with Crippen LogP contribution in [-0.4, -0.2) is 79.1 Å². The Balaban J connectivity index is 1.38. The number of ether oxygens (including phenoxy) is 1. The van der Waals surface area contributed by atoms with Crippen LogP contribution in [0.25, 0.3) is 0 Å². The van der Waals surface area contributed by atoms with E-state index in [4.69, 9.17) is 16.3 Å². The largest absolute Gasteiger partial charge is 0.373 e. The molecule has 1 aromatic heterocycles. The fourth-order valence-electron chi connectivity index (χ4n) is 4.20. The first-order valence-electron chi connectivity index (χ1n) is 9.97. The van der Waals surface area contributed by atoms with E-state index >= 15 is 0 Å². The molecule has 2 aliphatic rings. The standard InChI is InChI=1S/C20H32ClN3O2S/c1-15-10-24(11-16(2)26-15)12-17-6-8-23(9-7-17)14-20(25)22(3)13-18-4-5-19(21)27-18/h4-5,15-17H,6-14H2,1-3H3. The molecule has 0 radical (unpaired) electrons. The van der Waals surface area contributed by atoms with Crippen molar-refractivity contribution >= 4 is 28.8 Å². The number of morpholine rings is 1. The van der Waals surface area contributed by atoms with Crippen LogP contribution in [0.1, 0.15) is 31.6 Å². The molecule has 0 saturated carbocycles. The Morgan fingerprint density at radius 3 is 2.48 bits per heavy atom. The van der Waals surface area contributed by atoms with E-state index in [-0.39, 0.29) is 5.91 Å². The second-order valence-electron chi connectivity index (χ2n) is 8.15. The van der Waals surface area contributed by atoms with Gasteiger partial charge in [0.1, 0.15) is 0 Å². The zero-order chi connectivity index (χ0) is 19.4. The van der Waals surface area contributed by atoms with Gasteiger partial charge in [-0.1, -0.05) is 11.6 Å². The first-order chi connectivity index (χ1) is 12.9. The zero-order valence-corrected chi connectivity index (χ0v) is 18.3. The number of nitrogens with zero attached hydrogens (tertiary/aromatic N) is 3. The maximum absolute atomic E-state index is 12.5. The van der Waals surface area contributed by atoms with E-state index in [2.05, 4.69) is 23.6 Å². The first kappa shape index (κ1) is 21.1. The normalized spacial score (nSPS) is 25.6. The molecule has 1 aromatic rings. The molecule has 0 aliphatic carbocycles. The number of carbonyl (C=O) groups excluding carboxylic acids is 1. The van der Waals surface area contributed by atoms with Crippen molar-refractivity contribution in [1.82, 2.24) is 14.7 Å². The molecule has 2 atom stereocenters. The Kier molecular flexibility index (Phi) is 7.57. The second kappa shape index (κ2) is 9.70. The molecule has 3 rings (SSSR count). The molecule has 152 valence electrons. The summed E-state index contributed by atoms with van der Waals surface area (Å²) >= 11 is 7.52. The Morgan fingerprint density at radius 2 is 1.89 bits per heavy atom. The molecular weight excluding hydrogens is 382 g/mol. The summed E-state index contributed by atoms with van der Waals surface area (Å²) in [6.45, 7) is 10.8. The Labute approximate surface area is 172 Å². The quantitative estimate of drug-likeness (QED) is 0.717. The Bertz CT molecular complexity index is 608. The molecule has 2 unspecified atom stereocenters. The fraction of sp³-hybridized carbons (Fsp3) is 0.750. The number of hydrogen-bond donors (Lipinski definition) is 0. The molecule has 0 N–H and O–H groups in total. The van der Waals surface area contributed by atoms with Crippen molar-refractivity contribution in [3.8, 4) is 0 Å². The molecule has 2 aliphatic heterocycles. The van der Waals surface area contributed by atoms with Gasteiger partial charge >= 0.3 is 0 Å². The highest BCUT2D eigenvalue weighted by molar-refractivity contribution is 7.16. The molecule has 0 spiro atoms. The lowest BCUT2D eigenvalue weighted by atomic mass is 9.95. The molecule has 0 aromatic carbocycles. The number of likely N-dealkylation sites (tertiary alicyclic amines) is 1. The Morgan fingerprint density at radius 1 is 1.22 bits per heavy atom. The molecule has 7 heteroatoms. The topological polar surface area (TPSA) is 36.0 Å². The van der Waals surface area contributed by atoms with E-state index < -0.39 is 0 Å². The van der Waals surface area contributed by atoms with Gasteiger partial charge in [-0.3, -0.25) is 14.6 Å². The average molecular weight is 414 g/mol. The molecule has 3 heterocycles. The third-order valence-electron chi connectivity index (χ3n) is 5.53. The van der Waals surface area contributed by atoms with Crippen LogP contribution in [0.5, 0.6) is 0 Å². The third kappa shape index (κ3) is 6.43. The number of likely N-dealkylation sites (N-methyl/N-ethyl adjacent to an activating group) is 1. The fourth-order valence-corrected chi connectivity index (χ4v) is 5.34. The van der Waals surface area contributed by atoms with Crippen molar-refractivity contribution < 1.29 is 9.53 Å². The van der Waals surface area contributed by atoms with Gasteiger partial charge in [-0.2, -0.15) is 0 Å². The number of amides is 1. The van der Waals surface area contributed by atoms with Crippen LogP contribution in [-0.2, 0) is 16.1 Å². The van der Waals surface area contributed by atoms with E-state index in [1.807, 2.05) is 24.1 Å². The van der Waals surface area contributed by atoms with E-state index in [1.54, 1.807) is 11.3 Å². The van der Waals surface area contributed by atoms with Gasteiger partial charge < -0.3 is 9.64 Å². The van der Waals surface area contributed by atoms with Crippen LogP contribution < -0.4 is 0 Å². The maximum Gasteiger partial charge on any atom is 0.236 e. The zero-order valence-electron chi connectivity index (χ0n) is 16.7. The predicted molar refractivity (Wildman–Crippen MR) is 111 cm³/mol. The molecule has 0 bridgehead atoms. The van der Waals surface area contributed by atoms with Crippen molar-refractivity contribution in [2.45, 2.75) is 45.4 Å². The molecule has 2 fully saturated rings. The molecular formula is C20H32ClN3O2S. The summed E-state index contributed by atoms with van der Waals surface area (Å²) in [6.07, 6.45) is 3.02. The summed E-state index contributed by atoms with van der Waals surface area (Å²) < 4.78 is 6.61. The van der Waals surface area contributed by atoms with Gasteiger partial charge in [-0.15, -0.1) is 11.3 Å². The number of hydrogen-bond acceptors (Lipinski definition) is 5. The summed E-state index contributed by atoms with van der Waals surface area (Å²) in [5.74, 6) is 0.925. The monoisotopic (exact) mass is 413 g/mol. The minimum absolute atomic E-state index is 0.189. The van der Waals surface area contributed by atoms with E-state index in [0.29, 0.717) is 25.3 Å². The van der Waals surface area contributed by atoms with E-state index in [0.717, 1.165) is 41.3 Å². The van der Waals surface area contributed by atoms with Crippen LogP contribution >= 0.6 is 22.9 Å². The van der Waals surface area contributed by atoms with Crippen molar-refractivity contribution in [3.05, 3.63) is 21.3 Å². The average Bonchev–Trinajstić information content (AvgIpc) is 3.00. The minimum Gasteiger partial charge on any atom is -0.373 e. The van der Waals surface area contributed by atoms with Crippen LogP contribution in [0.4, 0.5) is 0 Å². The van der Waals surface area contributed by atoms with Crippen molar-refractivity contribution in [2.24, 2.45) is 5.92 Å². The lowest BCUT2D eigenvalue weighted by molar-refractivity contribution is -0.132. The number of piperidine rings is 1. The lowest BCUT2D eigenvalue weighted by Gasteiger charge is -2.39. The number of thiophene rings is 1. The van der Waals surface area contributed by atoms with Gasteiger partial charge in [0.05, 0.1) is 29.6 Å². The molecule has 2 saturated heterocycles. The van der Waals surface area contributed by atoms with Gasteiger partial charge in [0.25, 0.3) is 0 Å². The van der Waals surface area contributed by atoms with Gasteiger partial charge in [0, 0.05) is 31.6 Å². The summed E-state index contributed by atoms with van der Waals surface area (Å²) in [5, 5.41) is 0. The molecule has 27 heavy (non-hydrogen) atoms. The highest BCUT2D eigenvalue weighted by atomic mass is 35.5. The Hall–Kier alpha value is -0.660. The predicted octanol–water partition coefficient (Wildman–Crippen LogP) is 3.18. The smallest absolute Gasteiger partial charge is 0.236 e. The van der Waals surface area contributed by atoms with Crippen molar-refractivity contribution in [2.75, 3.05) is 46.3 Å². The highest BCUT2D eigenvalue weighted by Gasteiger charge is 2.27. The maximum atomic E-state index is 12.5. The van der Waals surface area contributed by atoms with Crippen LogP contribution in [0, 0.1) is 5.92 Å². The third-order valence-corrected chi connectivity index (χ3v) is 6.74. The minimum atomic E-state index is 0.189. The van der Waals surface area contributed by atoms with E-state index in [9.17, 15) is 4.79 Å². The van der Waals surface area contributed by atoms with E-state index in [1.165, 1.54) is 19.4 Å². The van der Waals surface area contributed by atoms with Crippen LogP contribution in [0.3, 0.4) is 0 Å². The second-order valence-corrected chi connectivity index (χ2v) is 9.95. The van der Waals surface area contributed by atoms with Crippen LogP contribution in [0.15, 0.2) is 12.1 Å².